The average Bonchev–Trinajstić information content (AvgIpc) is 2.46. The highest BCUT2D eigenvalue weighted by molar-refractivity contribution is 5.94. The summed E-state index contributed by atoms with van der Waals surface area (Å²) in [5.41, 5.74) is 2.63. The molecule has 3 rings (SSSR count). The SMILES string of the molecule is CC(C)(C)[n+]1cc(-c2ccccc2)c2ccccc2c1. The van der Waals surface area contributed by atoms with Crippen molar-refractivity contribution in [2.24, 2.45) is 0 Å². The third kappa shape index (κ3) is 2.32. The van der Waals surface area contributed by atoms with Gasteiger partial charge in [-0.15, -0.1) is 0 Å². The van der Waals surface area contributed by atoms with Gasteiger partial charge in [-0.05, 0) is 11.6 Å². The molecule has 0 N–H and O–H groups in total. The van der Waals surface area contributed by atoms with E-state index in [4.69, 9.17) is 0 Å². The third-order valence-electron chi connectivity index (χ3n) is 3.66. The van der Waals surface area contributed by atoms with Crippen LogP contribution < -0.4 is 4.57 Å². The maximum Gasteiger partial charge on any atom is 0.177 e. The molecular weight excluding hydrogens is 242 g/mol. The lowest BCUT2D eigenvalue weighted by Crippen LogP contribution is -2.49. The van der Waals surface area contributed by atoms with E-state index in [1.165, 1.54) is 21.9 Å². The highest BCUT2D eigenvalue weighted by atomic mass is 15.0. The molecule has 0 atom stereocenters. The van der Waals surface area contributed by atoms with Gasteiger partial charge in [0.1, 0.15) is 0 Å². The Hall–Kier alpha value is -2.15. The normalized spacial score (nSPS) is 11.8. The van der Waals surface area contributed by atoms with Gasteiger partial charge in [0.25, 0.3) is 0 Å². The van der Waals surface area contributed by atoms with Crippen molar-refractivity contribution in [3.05, 3.63) is 67.0 Å². The smallest absolute Gasteiger partial charge is 0.177 e. The molecule has 0 aliphatic carbocycles. The van der Waals surface area contributed by atoms with Gasteiger partial charge in [-0.1, -0.05) is 48.5 Å². The molecule has 100 valence electrons. The van der Waals surface area contributed by atoms with E-state index >= 15 is 0 Å². The number of pyridine rings is 1. The monoisotopic (exact) mass is 262 g/mol. The summed E-state index contributed by atoms with van der Waals surface area (Å²) in [6.07, 6.45) is 4.50. The van der Waals surface area contributed by atoms with Crippen LogP contribution in [0.15, 0.2) is 67.0 Å². The van der Waals surface area contributed by atoms with Crippen LogP contribution in [0.3, 0.4) is 0 Å². The van der Waals surface area contributed by atoms with Gasteiger partial charge in [-0.25, -0.2) is 0 Å². The summed E-state index contributed by atoms with van der Waals surface area (Å²) in [4.78, 5) is 0. The van der Waals surface area contributed by atoms with Gasteiger partial charge in [0, 0.05) is 31.5 Å². The van der Waals surface area contributed by atoms with Crippen molar-refractivity contribution >= 4 is 10.8 Å². The minimum atomic E-state index is 0.0769. The van der Waals surface area contributed by atoms with Crippen molar-refractivity contribution in [2.75, 3.05) is 0 Å². The molecule has 0 spiro atoms. The molecule has 3 aromatic rings. The lowest BCUT2D eigenvalue weighted by Gasteiger charge is -2.15. The molecule has 1 aromatic heterocycles. The topological polar surface area (TPSA) is 3.88 Å². The van der Waals surface area contributed by atoms with Crippen LogP contribution >= 0.6 is 0 Å². The van der Waals surface area contributed by atoms with E-state index in [0.29, 0.717) is 0 Å². The second kappa shape index (κ2) is 4.75. The molecule has 0 aliphatic heterocycles. The van der Waals surface area contributed by atoms with Crippen LogP contribution in [0.4, 0.5) is 0 Å². The fraction of sp³-hybridized carbons (Fsp3) is 0.211. The predicted molar refractivity (Wildman–Crippen MR) is 84.6 cm³/mol. The van der Waals surface area contributed by atoms with Crippen molar-refractivity contribution in [1.29, 1.82) is 0 Å². The summed E-state index contributed by atoms with van der Waals surface area (Å²) in [7, 11) is 0. The Morgan fingerprint density at radius 3 is 2.10 bits per heavy atom. The quantitative estimate of drug-likeness (QED) is 0.566. The molecule has 0 unspecified atom stereocenters. The molecule has 1 heteroatoms. The standard InChI is InChI=1S/C19H20N/c1-19(2,3)20-13-16-11-7-8-12-17(16)18(14-20)15-9-5-4-6-10-15/h4-14H,1-3H3/q+1. The Balaban J connectivity index is 2.34. The summed E-state index contributed by atoms with van der Waals surface area (Å²) < 4.78 is 2.30. The Morgan fingerprint density at radius 2 is 1.40 bits per heavy atom. The first-order valence-corrected chi connectivity index (χ1v) is 7.06. The molecule has 0 amide bonds. The van der Waals surface area contributed by atoms with Crippen molar-refractivity contribution in [2.45, 2.75) is 26.3 Å². The zero-order valence-electron chi connectivity index (χ0n) is 12.3. The summed E-state index contributed by atoms with van der Waals surface area (Å²) in [5.74, 6) is 0. The molecule has 20 heavy (non-hydrogen) atoms. The van der Waals surface area contributed by atoms with E-state index in [-0.39, 0.29) is 5.54 Å². The number of rotatable bonds is 1. The Kier molecular flexibility index (Phi) is 3.06. The lowest BCUT2D eigenvalue weighted by molar-refractivity contribution is -0.752. The summed E-state index contributed by atoms with van der Waals surface area (Å²) in [6.45, 7) is 6.70. The third-order valence-corrected chi connectivity index (χ3v) is 3.66. The van der Waals surface area contributed by atoms with E-state index in [0.717, 1.165) is 0 Å². The van der Waals surface area contributed by atoms with Crippen LogP contribution in [-0.2, 0) is 5.54 Å². The molecule has 0 fully saturated rings. The molecular formula is C19H20N+. The van der Waals surface area contributed by atoms with Crippen molar-refractivity contribution in [3.63, 3.8) is 0 Å². The molecule has 1 heterocycles. The Bertz CT molecular complexity index is 737. The molecule has 1 nitrogen and oxygen atoms in total. The van der Waals surface area contributed by atoms with Gasteiger partial charge in [-0.2, -0.15) is 4.57 Å². The van der Waals surface area contributed by atoms with Crippen molar-refractivity contribution < 1.29 is 4.57 Å². The zero-order valence-corrected chi connectivity index (χ0v) is 12.3. The van der Waals surface area contributed by atoms with Gasteiger partial charge in [-0.3, -0.25) is 0 Å². The van der Waals surface area contributed by atoms with E-state index in [1.807, 2.05) is 0 Å². The molecule has 2 aromatic carbocycles. The van der Waals surface area contributed by atoms with Gasteiger partial charge in [0.2, 0.25) is 0 Å². The molecule has 0 radical (unpaired) electrons. The largest absolute Gasteiger partial charge is 0.199 e. The fourth-order valence-corrected chi connectivity index (χ4v) is 2.49. The van der Waals surface area contributed by atoms with Gasteiger partial charge >= 0.3 is 0 Å². The van der Waals surface area contributed by atoms with E-state index in [2.05, 4.69) is 92.3 Å². The van der Waals surface area contributed by atoms with E-state index in [1.54, 1.807) is 0 Å². The van der Waals surface area contributed by atoms with E-state index < -0.39 is 0 Å². The highest BCUT2D eigenvalue weighted by Crippen LogP contribution is 2.27. The van der Waals surface area contributed by atoms with Crippen molar-refractivity contribution in [1.82, 2.24) is 0 Å². The second-order valence-electron chi connectivity index (χ2n) is 6.20. The van der Waals surface area contributed by atoms with Crippen molar-refractivity contribution in [3.8, 4) is 11.1 Å². The lowest BCUT2D eigenvalue weighted by atomic mass is 9.99. The number of hydrogen-bond donors (Lipinski definition) is 0. The number of nitrogens with zero attached hydrogens (tertiary/aromatic N) is 1. The minimum Gasteiger partial charge on any atom is -0.199 e. The Labute approximate surface area is 120 Å². The van der Waals surface area contributed by atoms with Crippen LogP contribution in [0.2, 0.25) is 0 Å². The van der Waals surface area contributed by atoms with Gasteiger partial charge in [0.05, 0.1) is 5.56 Å². The summed E-state index contributed by atoms with van der Waals surface area (Å²) in [5, 5.41) is 2.59. The van der Waals surface area contributed by atoms with Crippen LogP contribution in [0.5, 0.6) is 0 Å². The first kappa shape index (κ1) is 12.9. The van der Waals surface area contributed by atoms with Gasteiger partial charge in [0.15, 0.2) is 17.9 Å². The summed E-state index contributed by atoms with van der Waals surface area (Å²) >= 11 is 0. The maximum atomic E-state index is 2.30. The molecule has 0 saturated heterocycles. The Morgan fingerprint density at radius 1 is 0.750 bits per heavy atom. The van der Waals surface area contributed by atoms with Crippen LogP contribution in [0, 0.1) is 0 Å². The van der Waals surface area contributed by atoms with Gasteiger partial charge < -0.3 is 0 Å². The molecule has 0 aliphatic rings. The molecule has 0 saturated carbocycles. The molecule has 0 bridgehead atoms. The average molecular weight is 262 g/mol. The first-order valence-electron chi connectivity index (χ1n) is 7.06. The number of aromatic nitrogens is 1. The zero-order chi connectivity index (χ0) is 14.2. The fourth-order valence-electron chi connectivity index (χ4n) is 2.49. The number of benzene rings is 2. The first-order chi connectivity index (χ1) is 9.55. The maximum absolute atomic E-state index is 2.30. The van der Waals surface area contributed by atoms with Crippen LogP contribution in [-0.4, -0.2) is 0 Å². The highest BCUT2D eigenvalue weighted by Gasteiger charge is 2.23. The van der Waals surface area contributed by atoms with Crippen LogP contribution in [0.25, 0.3) is 21.9 Å². The number of fused-ring (bicyclic) bond motifs is 1. The minimum absolute atomic E-state index is 0.0769. The second-order valence-corrected chi connectivity index (χ2v) is 6.20. The predicted octanol–water partition coefficient (Wildman–Crippen LogP) is 4.55. The van der Waals surface area contributed by atoms with E-state index in [9.17, 15) is 0 Å². The number of hydrogen-bond acceptors (Lipinski definition) is 0. The summed E-state index contributed by atoms with van der Waals surface area (Å²) in [6, 6.07) is 19.2. The van der Waals surface area contributed by atoms with Crippen LogP contribution in [0.1, 0.15) is 20.8 Å².